The summed E-state index contributed by atoms with van der Waals surface area (Å²) >= 11 is 0. The Bertz CT molecular complexity index is 1560. The molecule has 0 aliphatic carbocycles. The van der Waals surface area contributed by atoms with Crippen LogP contribution in [0.2, 0.25) is 0 Å². The van der Waals surface area contributed by atoms with Gasteiger partial charge in [0.25, 0.3) is 0 Å². The number of para-hydroxylation sites is 1. The van der Waals surface area contributed by atoms with Crippen LogP contribution in [-0.2, 0) is 18.1 Å². The molecule has 0 saturated heterocycles. The summed E-state index contributed by atoms with van der Waals surface area (Å²) in [4.78, 5) is 1.02. The predicted molar refractivity (Wildman–Crippen MR) is 152 cm³/mol. The molecule has 1 N–H and O–H groups in total. The van der Waals surface area contributed by atoms with Crippen LogP contribution in [0.15, 0.2) is 91.0 Å². The fraction of sp³-hybridized carbons (Fsp3) is 0.273. The number of benzene rings is 4. The minimum Gasteiger partial charge on any atom is -0.457 e. The van der Waals surface area contributed by atoms with Gasteiger partial charge in [-0.1, -0.05) is 63.2 Å². The predicted octanol–water partition coefficient (Wildman–Crippen LogP) is 9.53. The number of halogens is 7. The summed E-state index contributed by atoms with van der Waals surface area (Å²) in [6.07, 6.45) is -12.7. The van der Waals surface area contributed by atoms with Crippen LogP contribution >= 0.6 is 0 Å². The van der Waals surface area contributed by atoms with Crippen LogP contribution in [0.4, 0.5) is 36.4 Å². The Labute approximate surface area is 245 Å². The molecule has 3 nitrogen and oxygen atoms in total. The summed E-state index contributed by atoms with van der Waals surface area (Å²) in [6.45, 7) is 4.48. The molecule has 4 aromatic rings. The van der Waals surface area contributed by atoms with Crippen molar-refractivity contribution in [1.82, 2.24) is 0 Å². The van der Waals surface area contributed by atoms with E-state index in [-0.39, 0.29) is 11.1 Å². The number of ether oxygens (including phenoxy) is 1. The third-order valence-electron chi connectivity index (χ3n) is 6.83. The summed E-state index contributed by atoms with van der Waals surface area (Å²) in [6, 6.07) is 22.3. The van der Waals surface area contributed by atoms with E-state index in [1.807, 2.05) is 18.2 Å². The zero-order chi connectivity index (χ0) is 31.6. The molecule has 0 bridgehead atoms. The molecule has 0 aromatic heterocycles. The van der Waals surface area contributed by atoms with Crippen LogP contribution in [-0.4, -0.2) is 23.9 Å². The first kappa shape index (κ1) is 31.9. The molecule has 10 heteroatoms. The molecule has 1 atom stereocenters. The van der Waals surface area contributed by atoms with Crippen LogP contribution in [0.3, 0.4) is 0 Å². The van der Waals surface area contributed by atoms with E-state index in [9.17, 15) is 35.8 Å². The lowest BCUT2D eigenvalue weighted by atomic mass is 9.87. The van der Waals surface area contributed by atoms with Crippen LogP contribution in [0, 0.1) is 5.82 Å². The zero-order valence-corrected chi connectivity index (χ0v) is 23.6. The lowest BCUT2D eigenvalue weighted by Gasteiger charge is -2.30. The van der Waals surface area contributed by atoms with Crippen LogP contribution in [0.5, 0.6) is 11.5 Å². The van der Waals surface area contributed by atoms with Gasteiger partial charge in [-0.05, 0) is 65.1 Å². The average Bonchev–Trinajstić information content (AvgIpc) is 2.92. The molecule has 0 radical (unpaired) electrons. The maximum atomic E-state index is 14.7. The monoisotopic (exact) mass is 605 g/mol. The van der Waals surface area contributed by atoms with Gasteiger partial charge in [-0.25, -0.2) is 4.39 Å². The van der Waals surface area contributed by atoms with Gasteiger partial charge >= 0.3 is 12.4 Å². The first-order chi connectivity index (χ1) is 20.0. The van der Waals surface area contributed by atoms with Gasteiger partial charge in [-0.3, -0.25) is 0 Å². The van der Waals surface area contributed by atoms with Crippen molar-refractivity contribution in [3.8, 4) is 22.6 Å². The van der Waals surface area contributed by atoms with Crippen molar-refractivity contribution in [2.24, 2.45) is 0 Å². The van der Waals surface area contributed by atoms with E-state index in [4.69, 9.17) is 4.74 Å². The molecule has 43 heavy (non-hydrogen) atoms. The third-order valence-corrected chi connectivity index (χ3v) is 6.83. The SMILES string of the molecule is CC(C)(C)c1cccc(Oc2cccc(-c3ccccc3N(Cc3cc(C(F)(F)F)ccc3F)C[C@@H](O)C(F)(F)F)c2)c1. The second kappa shape index (κ2) is 12.3. The average molecular weight is 606 g/mol. The Morgan fingerprint density at radius 1 is 0.744 bits per heavy atom. The van der Waals surface area contributed by atoms with Gasteiger partial charge < -0.3 is 14.7 Å². The standard InChI is InChI=1S/C33H30F7NO2/c1-31(2,3)23-9-7-11-26(18-23)43-25-10-6-8-21(17-25)27-12-4-5-13-29(27)41(20-30(42)33(38,39)40)19-22-16-24(32(35,36)37)14-15-28(22)34/h4-18,30,42H,19-20H2,1-3H3/t30-/m1/s1. The summed E-state index contributed by atoms with van der Waals surface area (Å²) < 4.78 is 101. The van der Waals surface area contributed by atoms with Gasteiger partial charge in [0.05, 0.1) is 12.1 Å². The minimum atomic E-state index is -5.02. The molecule has 0 fully saturated rings. The van der Waals surface area contributed by atoms with E-state index in [0.29, 0.717) is 40.8 Å². The van der Waals surface area contributed by atoms with Crippen LogP contribution < -0.4 is 9.64 Å². The van der Waals surface area contributed by atoms with Crippen molar-refractivity contribution in [2.45, 2.75) is 51.2 Å². The number of alkyl halides is 6. The smallest absolute Gasteiger partial charge is 0.416 e. The molecule has 0 spiro atoms. The number of aliphatic hydroxyl groups is 1. The highest BCUT2D eigenvalue weighted by molar-refractivity contribution is 5.79. The normalized spacial score (nSPS) is 13.1. The quantitative estimate of drug-likeness (QED) is 0.203. The molecule has 0 aliphatic rings. The molecule has 228 valence electrons. The molecule has 0 aliphatic heterocycles. The lowest BCUT2D eigenvalue weighted by molar-refractivity contribution is -0.200. The number of rotatable bonds is 8. The maximum absolute atomic E-state index is 14.7. The molecule has 4 rings (SSSR count). The fourth-order valence-corrected chi connectivity index (χ4v) is 4.52. The second-order valence-corrected chi connectivity index (χ2v) is 11.2. The Kier molecular flexibility index (Phi) is 9.11. The zero-order valence-electron chi connectivity index (χ0n) is 23.6. The maximum Gasteiger partial charge on any atom is 0.416 e. The van der Waals surface area contributed by atoms with Gasteiger partial charge in [-0.2, -0.15) is 26.3 Å². The van der Waals surface area contributed by atoms with Crippen molar-refractivity contribution in [2.75, 3.05) is 11.4 Å². The molecular formula is C33H30F7NO2. The van der Waals surface area contributed by atoms with Crippen molar-refractivity contribution in [3.63, 3.8) is 0 Å². The molecule has 0 amide bonds. The highest BCUT2D eigenvalue weighted by atomic mass is 19.4. The summed E-state index contributed by atoms with van der Waals surface area (Å²) in [5, 5.41) is 9.94. The molecule has 0 saturated carbocycles. The summed E-state index contributed by atoms with van der Waals surface area (Å²) in [5.74, 6) is -0.0122. The Morgan fingerprint density at radius 2 is 1.40 bits per heavy atom. The van der Waals surface area contributed by atoms with E-state index >= 15 is 0 Å². The van der Waals surface area contributed by atoms with Crippen molar-refractivity contribution >= 4 is 5.69 Å². The number of hydrogen-bond acceptors (Lipinski definition) is 3. The summed E-state index contributed by atoms with van der Waals surface area (Å²) in [7, 11) is 0. The van der Waals surface area contributed by atoms with Crippen molar-refractivity contribution in [3.05, 3.63) is 114 Å². The van der Waals surface area contributed by atoms with E-state index < -0.39 is 48.5 Å². The van der Waals surface area contributed by atoms with Crippen molar-refractivity contribution in [1.29, 1.82) is 0 Å². The first-order valence-corrected chi connectivity index (χ1v) is 13.4. The third kappa shape index (κ3) is 8.07. The van der Waals surface area contributed by atoms with Gasteiger partial charge in [0, 0.05) is 23.4 Å². The Morgan fingerprint density at radius 3 is 2.05 bits per heavy atom. The van der Waals surface area contributed by atoms with E-state index in [0.717, 1.165) is 10.5 Å². The topological polar surface area (TPSA) is 32.7 Å². The lowest BCUT2D eigenvalue weighted by Crippen LogP contribution is -2.41. The van der Waals surface area contributed by atoms with Gasteiger partial charge in [0.15, 0.2) is 6.10 Å². The number of aliphatic hydroxyl groups excluding tert-OH is 1. The van der Waals surface area contributed by atoms with Gasteiger partial charge in [-0.15, -0.1) is 0 Å². The Balaban J connectivity index is 1.74. The van der Waals surface area contributed by atoms with Crippen LogP contribution in [0.25, 0.3) is 11.1 Å². The van der Waals surface area contributed by atoms with Gasteiger partial charge in [0.1, 0.15) is 17.3 Å². The molecule has 0 unspecified atom stereocenters. The fourth-order valence-electron chi connectivity index (χ4n) is 4.52. The second-order valence-electron chi connectivity index (χ2n) is 11.2. The Hall–Kier alpha value is -4.05. The van der Waals surface area contributed by atoms with E-state index in [1.54, 1.807) is 42.5 Å². The summed E-state index contributed by atoms with van der Waals surface area (Å²) in [5.41, 5.74) is 0.378. The van der Waals surface area contributed by atoms with Crippen molar-refractivity contribution < 1.29 is 40.6 Å². The highest BCUT2D eigenvalue weighted by Crippen LogP contribution is 2.37. The molecule has 0 heterocycles. The number of anilines is 1. The molecule has 4 aromatic carbocycles. The highest BCUT2D eigenvalue weighted by Gasteiger charge is 2.40. The van der Waals surface area contributed by atoms with Crippen LogP contribution in [0.1, 0.15) is 37.5 Å². The van der Waals surface area contributed by atoms with Gasteiger partial charge in [0.2, 0.25) is 0 Å². The minimum absolute atomic E-state index is 0.121. The first-order valence-electron chi connectivity index (χ1n) is 13.4. The largest absolute Gasteiger partial charge is 0.457 e. The van der Waals surface area contributed by atoms with E-state index in [1.165, 1.54) is 12.1 Å². The van der Waals surface area contributed by atoms with E-state index in [2.05, 4.69) is 20.8 Å². The number of hydrogen-bond donors (Lipinski definition) is 1. The molecular weight excluding hydrogens is 575 g/mol. The number of nitrogens with zero attached hydrogens (tertiary/aromatic N) is 1.